The fraction of sp³-hybridized carbons (Fsp3) is 0.500. The fourth-order valence-corrected chi connectivity index (χ4v) is 0.870. The number of carboxylic acid groups (broad SMARTS) is 1. The molecule has 0 spiro atoms. The summed E-state index contributed by atoms with van der Waals surface area (Å²) in [5.41, 5.74) is 0.974. The summed E-state index contributed by atoms with van der Waals surface area (Å²) in [6.45, 7) is 2.35. The monoisotopic (exact) mass is 142 g/mol. The van der Waals surface area contributed by atoms with Gasteiger partial charge in [0.1, 0.15) is 0 Å². The number of hydrogen-bond donors (Lipinski definition) is 1. The Morgan fingerprint density at radius 3 is 2.60 bits per heavy atom. The highest BCUT2D eigenvalue weighted by molar-refractivity contribution is 5.65. The molecule has 0 saturated carbocycles. The molecule has 0 aromatic heterocycles. The first-order valence-corrected chi connectivity index (χ1v) is 3.04. The normalized spacial score (nSPS) is 17.6. The molecule has 0 radical (unpaired) electrons. The van der Waals surface area contributed by atoms with Crippen LogP contribution in [0.15, 0.2) is 11.8 Å². The van der Waals surface area contributed by atoms with Gasteiger partial charge in [0.25, 0.3) is 0 Å². The molecule has 10 heavy (non-hydrogen) atoms. The summed E-state index contributed by atoms with van der Waals surface area (Å²) in [5.74, 6) is 0. The molecule has 0 aromatic rings. The van der Waals surface area contributed by atoms with Crippen molar-refractivity contribution in [1.82, 2.24) is 10.0 Å². The zero-order valence-corrected chi connectivity index (χ0v) is 6.03. The van der Waals surface area contributed by atoms with Gasteiger partial charge in [-0.1, -0.05) is 0 Å². The Kier molecular flexibility index (Phi) is 1.53. The first-order valence-electron chi connectivity index (χ1n) is 3.04. The van der Waals surface area contributed by atoms with Gasteiger partial charge in [0.15, 0.2) is 0 Å². The summed E-state index contributed by atoms with van der Waals surface area (Å²) in [4.78, 5) is 10.4. The van der Waals surface area contributed by atoms with Crippen molar-refractivity contribution in [1.29, 1.82) is 0 Å². The van der Waals surface area contributed by atoms with Crippen LogP contribution in [0.25, 0.3) is 0 Å². The Labute approximate surface area is 59.3 Å². The number of hydrogen-bond acceptors (Lipinski definition) is 2. The quantitative estimate of drug-likeness (QED) is 0.542. The second-order valence-electron chi connectivity index (χ2n) is 2.23. The molecule has 0 bridgehead atoms. The van der Waals surface area contributed by atoms with Crippen molar-refractivity contribution in [3.8, 4) is 0 Å². The van der Waals surface area contributed by atoms with Crippen molar-refractivity contribution in [2.75, 3.05) is 13.6 Å². The van der Waals surface area contributed by atoms with E-state index in [1.54, 1.807) is 12.1 Å². The zero-order valence-electron chi connectivity index (χ0n) is 6.03. The SMILES string of the molecule is CC1=CCN(C(=O)O)N1C. The summed E-state index contributed by atoms with van der Waals surface area (Å²) < 4.78 is 0. The molecular formula is C6H10N2O2. The molecule has 1 aliphatic rings. The zero-order chi connectivity index (χ0) is 7.72. The van der Waals surface area contributed by atoms with Crippen LogP contribution in [-0.2, 0) is 0 Å². The van der Waals surface area contributed by atoms with Crippen LogP contribution in [0.4, 0.5) is 4.79 Å². The number of nitrogens with zero attached hydrogens (tertiary/aromatic N) is 2. The minimum absolute atomic E-state index is 0.470. The molecule has 4 nitrogen and oxygen atoms in total. The predicted octanol–water partition coefficient (Wildman–Crippen LogP) is 0.731. The maximum absolute atomic E-state index is 10.4. The van der Waals surface area contributed by atoms with Gasteiger partial charge in [-0.15, -0.1) is 0 Å². The van der Waals surface area contributed by atoms with Crippen molar-refractivity contribution in [2.24, 2.45) is 0 Å². The smallest absolute Gasteiger partial charge is 0.426 e. The molecule has 1 heterocycles. The molecule has 0 saturated heterocycles. The Morgan fingerprint density at radius 2 is 2.40 bits per heavy atom. The summed E-state index contributed by atoms with van der Waals surface area (Å²) in [6.07, 6.45) is 0.962. The van der Waals surface area contributed by atoms with Gasteiger partial charge in [0.2, 0.25) is 0 Å². The number of hydrazine groups is 1. The molecule has 0 fully saturated rings. The number of allylic oxidation sites excluding steroid dienone is 1. The van der Waals surface area contributed by atoms with E-state index in [1.807, 2.05) is 13.0 Å². The minimum Gasteiger partial charge on any atom is -0.464 e. The Morgan fingerprint density at radius 1 is 1.80 bits per heavy atom. The van der Waals surface area contributed by atoms with Gasteiger partial charge >= 0.3 is 6.09 Å². The van der Waals surface area contributed by atoms with Crippen LogP contribution >= 0.6 is 0 Å². The first-order chi connectivity index (χ1) is 4.63. The topological polar surface area (TPSA) is 43.8 Å². The third-order valence-electron chi connectivity index (χ3n) is 1.65. The first kappa shape index (κ1) is 6.92. The third-order valence-corrected chi connectivity index (χ3v) is 1.65. The van der Waals surface area contributed by atoms with Gasteiger partial charge in [-0.3, -0.25) is 5.01 Å². The number of amides is 1. The second-order valence-corrected chi connectivity index (χ2v) is 2.23. The van der Waals surface area contributed by atoms with Crippen molar-refractivity contribution in [2.45, 2.75) is 6.92 Å². The maximum Gasteiger partial charge on any atom is 0.426 e. The van der Waals surface area contributed by atoms with E-state index >= 15 is 0 Å². The van der Waals surface area contributed by atoms with E-state index in [0.29, 0.717) is 6.54 Å². The highest BCUT2D eigenvalue weighted by atomic mass is 16.4. The molecule has 0 atom stereocenters. The van der Waals surface area contributed by atoms with Crippen LogP contribution in [0.1, 0.15) is 6.92 Å². The molecule has 1 rings (SSSR count). The van der Waals surface area contributed by atoms with Gasteiger partial charge < -0.3 is 5.11 Å². The van der Waals surface area contributed by atoms with Gasteiger partial charge in [-0.2, -0.15) is 0 Å². The van der Waals surface area contributed by atoms with Gasteiger partial charge in [0.05, 0.1) is 6.54 Å². The van der Waals surface area contributed by atoms with E-state index in [1.165, 1.54) is 5.01 Å². The largest absolute Gasteiger partial charge is 0.464 e. The van der Waals surface area contributed by atoms with Crippen molar-refractivity contribution >= 4 is 6.09 Å². The predicted molar refractivity (Wildman–Crippen MR) is 36.3 cm³/mol. The molecule has 0 unspecified atom stereocenters. The Bertz CT molecular complexity index is 188. The molecule has 4 heteroatoms. The molecule has 1 N–H and O–H groups in total. The van der Waals surface area contributed by atoms with Gasteiger partial charge in [-0.05, 0) is 13.0 Å². The van der Waals surface area contributed by atoms with E-state index in [9.17, 15) is 4.79 Å². The lowest BCUT2D eigenvalue weighted by Gasteiger charge is -2.24. The van der Waals surface area contributed by atoms with Crippen molar-refractivity contribution < 1.29 is 9.90 Å². The van der Waals surface area contributed by atoms with E-state index < -0.39 is 6.09 Å². The van der Waals surface area contributed by atoms with Crippen LogP contribution in [-0.4, -0.2) is 34.8 Å². The van der Waals surface area contributed by atoms with E-state index in [4.69, 9.17) is 5.11 Å². The molecule has 1 aliphatic heterocycles. The summed E-state index contributed by atoms with van der Waals surface area (Å²) in [7, 11) is 1.73. The van der Waals surface area contributed by atoms with Crippen LogP contribution in [0, 0.1) is 0 Å². The van der Waals surface area contributed by atoms with Crippen LogP contribution in [0.5, 0.6) is 0 Å². The lowest BCUT2D eigenvalue weighted by molar-refractivity contribution is 0.0613. The van der Waals surface area contributed by atoms with Gasteiger partial charge in [-0.25, -0.2) is 9.80 Å². The highest BCUT2D eigenvalue weighted by Gasteiger charge is 2.20. The maximum atomic E-state index is 10.4. The molecule has 1 amide bonds. The molecule has 56 valence electrons. The summed E-state index contributed by atoms with van der Waals surface area (Å²) in [6, 6.07) is 0. The fourth-order valence-electron chi connectivity index (χ4n) is 0.870. The third kappa shape index (κ3) is 0.920. The highest BCUT2D eigenvalue weighted by Crippen LogP contribution is 2.12. The van der Waals surface area contributed by atoms with Crippen molar-refractivity contribution in [3.05, 3.63) is 11.8 Å². The van der Waals surface area contributed by atoms with Crippen LogP contribution in [0.2, 0.25) is 0 Å². The standard InChI is InChI=1S/C6H10N2O2/c1-5-3-4-8(6(9)10)7(5)2/h3H,4H2,1-2H3,(H,9,10). The lowest BCUT2D eigenvalue weighted by Crippen LogP contribution is -2.37. The second kappa shape index (κ2) is 2.21. The van der Waals surface area contributed by atoms with Crippen LogP contribution in [0.3, 0.4) is 0 Å². The van der Waals surface area contributed by atoms with E-state index in [-0.39, 0.29) is 0 Å². The van der Waals surface area contributed by atoms with Gasteiger partial charge in [0, 0.05) is 12.7 Å². The molecule has 0 aromatic carbocycles. The lowest BCUT2D eigenvalue weighted by atomic mass is 10.5. The molecule has 0 aliphatic carbocycles. The minimum atomic E-state index is -0.907. The average molecular weight is 142 g/mol. The summed E-state index contributed by atoms with van der Waals surface area (Å²) >= 11 is 0. The molecular weight excluding hydrogens is 132 g/mol. The average Bonchev–Trinajstić information content (AvgIpc) is 2.14. The number of rotatable bonds is 0. The van der Waals surface area contributed by atoms with E-state index in [0.717, 1.165) is 5.70 Å². The van der Waals surface area contributed by atoms with Crippen molar-refractivity contribution in [3.63, 3.8) is 0 Å². The summed E-state index contributed by atoms with van der Waals surface area (Å²) in [5, 5.41) is 11.4. The Balaban J connectivity index is 2.65. The number of carbonyl (C=O) groups is 1. The van der Waals surface area contributed by atoms with Crippen LogP contribution < -0.4 is 0 Å². The Hall–Kier alpha value is -1.19. The van der Waals surface area contributed by atoms with E-state index in [2.05, 4.69) is 0 Å².